The summed E-state index contributed by atoms with van der Waals surface area (Å²) in [5.41, 5.74) is 1.48. The Balaban J connectivity index is 2.22. The van der Waals surface area contributed by atoms with Crippen LogP contribution >= 0.6 is 11.8 Å². The van der Waals surface area contributed by atoms with Crippen molar-refractivity contribution in [2.45, 2.75) is 57.1 Å². The number of benzene rings is 1. The average Bonchev–Trinajstić information content (AvgIpc) is 2.55. The second-order valence-electron chi connectivity index (χ2n) is 7.28. The van der Waals surface area contributed by atoms with Gasteiger partial charge in [0.25, 0.3) is 0 Å². The summed E-state index contributed by atoms with van der Waals surface area (Å²) in [6.45, 7) is 8.68. The summed E-state index contributed by atoms with van der Waals surface area (Å²) < 4.78 is 0. The number of ketones is 1. The zero-order chi connectivity index (χ0) is 16.9. The fraction of sp³-hybridized carbons (Fsp3) is 0.476. The van der Waals surface area contributed by atoms with E-state index >= 15 is 0 Å². The van der Waals surface area contributed by atoms with Crippen molar-refractivity contribution in [2.75, 3.05) is 0 Å². The molecule has 0 unspecified atom stereocenters. The standard InChI is InChI=1S/C21H28OS/c1-16-10-11-20(23-18-8-6-5-7-9-18)17(2)19(22)13-15-21(3,4)14-12-16/h5-9,12-13,15,17,20H,10-11,14H2,1-4H3/b15-13+,16-12+/t17-,20-/m1/s1. The Morgan fingerprint density at radius 1 is 1.17 bits per heavy atom. The lowest BCUT2D eigenvalue weighted by Crippen LogP contribution is -2.22. The molecule has 23 heavy (non-hydrogen) atoms. The van der Waals surface area contributed by atoms with E-state index in [-0.39, 0.29) is 17.1 Å². The van der Waals surface area contributed by atoms with E-state index in [1.807, 2.05) is 23.9 Å². The number of thioether (sulfide) groups is 1. The Hall–Kier alpha value is -1.28. The lowest BCUT2D eigenvalue weighted by atomic mass is 9.87. The Labute approximate surface area is 145 Å². The first-order valence-electron chi connectivity index (χ1n) is 8.48. The molecular formula is C21H28OS. The summed E-state index contributed by atoms with van der Waals surface area (Å²) in [6.07, 6.45) is 9.35. The number of hydrogen-bond acceptors (Lipinski definition) is 2. The molecule has 0 fully saturated rings. The second-order valence-corrected chi connectivity index (χ2v) is 8.59. The van der Waals surface area contributed by atoms with Crippen LogP contribution in [0.3, 0.4) is 0 Å². The van der Waals surface area contributed by atoms with Crippen molar-refractivity contribution in [3.8, 4) is 0 Å². The first-order valence-corrected chi connectivity index (χ1v) is 9.36. The normalized spacial score (nSPS) is 29.2. The molecule has 0 aromatic heterocycles. The molecule has 2 rings (SSSR count). The van der Waals surface area contributed by atoms with Gasteiger partial charge in [0, 0.05) is 16.1 Å². The molecule has 0 radical (unpaired) electrons. The van der Waals surface area contributed by atoms with Gasteiger partial charge in [-0.05, 0) is 49.8 Å². The quantitative estimate of drug-likeness (QED) is 0.613. The van der Waals surface area contributed by atoms with Crippen LogP contribution in [0.1, 0.15) is 47.0 Å². The van der Waals surface area contributed by atoms with Crippen LogP contribution in [0.2, 0.25) is 0 Å². The summed E-state index contributed by atoms with van der Waals surface area (Å²) >= 11 is 1.84. The molecule has 0 spiro atoms. The van der Waals surface area contributed by atoms with Gasteiger partial charge in [0.2, 0.25) is 0 Å². The molecule has 0 N–H and O–H groups in total. The van der Waals surface area contributed by atoms with Gasteiger partial charge in [0.15, 0.2) is 5.78 Å². The molecule has 2 heteroatoms. The van der Waals surface area contributed by atoms with Crippen LogP contribution in [0.4, 0.5) is 0 Å². The van der Waals surface area contributed by atoms with Gasteiger partial charge in [-0.15, -0.1) is 11.8 Å². The van der Waals surface area contributed by atoms with Crippen molar-refractivity contribution < 1.29 is 4.79 Å². The minimum atomic E-state index is 0.0400. The molecule has 0 heterocycles. The number of carbonyl (C=O) groups excluding carboxylic acids is 1. The summed E-state index contributed by atoms with van der Waals surface area (Å²) in [5, 5.41) is 0.319. The Morgan fingerprint density at radius 2 is 1.87 bits per heavy atom. The van der Waals surface area contributed by atoms with E-state index in [0.717, 1.165) is 19.3 Å². The van der Waals surface area contributed by atoms with Crippen molar-refractivity contribution in [3.63, 3.8) is 0 Å². The maximum atomic E-state index is 12.6. The molecule has 1 aromatic carbocycles. The lowest BCUT2D eigenvalue weighted by Gasteiger charge is -2.22. The molecule has 1 aromatic rings. The Morgan fingerprint density at radius 3 is 2.57 bits per heavy atom. The largest absolute Gasteiger partial charge is 0.295 e. The zero-order valence-electron chi connectivity index (χ0n) is 14.7. The molecule has 0 saturated heterocycles. The van der Waals surface area contributed by atoms with Crippen molar-refractivity contribution in [1.29, 1.82) is 0 Å². The lowest BCUT2D eigenvalue weighted by molar-refractivity contribution is -0.117. The third-order valence-corrected chi connectivity index (χ3v) is 6.03. The summed E-state index contributed by atoms with van der Waals surface area (Å²) in [6, 6.07) is 10.4. The highest BCUT2D eigenvalue weighted by atomic mass is 32.2. The van der Waals surface area contributed by atoms with Crippen LogP contribution in [0.5, 0.6) is 0 Å². The van der Waals surface area contributed by atoms with Crippen molar-refractivity contribution >= 4 is 17.5 Å². The van der Waals surface area contributed by atoms with Crippen LogP contribution in [0, 0.1) is 11.3 Å². The fourth-order valence-electron chi connectivity index (χ4n) is 2.70. The molecule has 0 amide bonds. The second kappa shape index (κ2) is 8.01. The number of carbonyl (C=O) groups is 1. The molecule has 2 atom stereocenters. The number of allylic oxidation sites excluding steroid dienone is 4. The maximum absolute atomic E-state index is 12.6. The maximum Gasteiger partial charge on any atom is 0.159 e. The topological polar surface area (TPSA) is 17.1 Å². The highest BCUT2D eigenvalue weighted by Crippen LogP contribution is 2.34. The van der Waals surface area contributed by atoms with Crippen LogP contribution in [0.25, 0.3) is 0 Å². The molecular weight excluding hydrogens is 300 g/mol. The average molecular weight is 329 g/mol. The van der Waals surface area contributed by atoms with Gasteiger partial charge in [-0.1, -0.05) is 56.7 Å². The Kier molecular flexibility index (Phi) is 6.29. The van der Waals surface area contributed by atoms with Gasteiger partial charge in [-0.2, -0.15) is 0 Å². The van der Waals surface area contributed by atoms with Gasteiger partial charge in [-0.3, -0.25) is 4.79 Å². The number of hydrogen-bond donors (Lipinski definition) is 0. The molecule has 1 nitrogen and oxygen atoms in total. The predicted octanol–water partition coefficient (Wildman–Crippen LogP) is 6.07. The molecule has 1 aliphatic carbocycles. The van der Waals surface area contributed by atoms with Crippen LogP contribution in [-0.2, 0) is 4.79 Å². The first-order chi connectivity index (χ1) is 10.9. The Bertz CT molecular complexity index is 583. The molecule has 1 aliphatic rings. The smallest absolute Gasteiger partial charge is 0.159 e. The van der Waals surface area contributed by atoms with Gasteiger partial charge in [-0.25, -0.2) is 0 Å². The summed E-state index contributed by atoms with van der Waals surface area (Å²) in [7, 11) is 0. The third kappa shape index (κ3) is 5.69. The number of rotatable bonds is 2. The summed E-state index contributed by atoms with van der Waals surface area (Å²) in [5.74, 6) is 0.296. The molecule has 0 aliphatic heterocycles. The van der Waals surface area contributed by atoms with Crippen LogP contribution in [-0.4, -0.2) is 11.0 Å². The molecule has 0 bridgehead atoms. The highest BCUT2D eigenvalue weighted by Gasteiger charge is 2.25. The van der Waals surface area contributed by atoms with E-state index < -0.39 is 0 Å². The monoisotopic (exact) mass is 328 g/mol. The van der Waals surface area contributed by atoms with Crippen LogP contribution < -0.4 is 0 Å². The van der Waals surface area contributed by atoms with Crippen molar-refractivity contribution in [3.05, 3.63) is 54.1 Å². The SMILES string of the molecule is C/C1=C\CC(C)(C)/C=C/C(=O)[C@@H](C)[C@H](Sc2ccccc2)CC1. The van der Waals surface area contributed by atoms with Gasteiger partial charge in [0.05, 0.1) is 0 Å². The fourth-order valence-corrected chi connectivity index (χ4v) is 3.94. The van der Waals surface area contributed by atoms with E-state index in [4.69, 9.17) is 0 Å². The van der Waals surface area contributed by atoms with Gasteiger partial charge < -0.3 is 0 Å². The highest BCUT2D eigenvalue weighted by molar-refractivity contribution is 8.00. The van der Waals surface area contributed by atoms with Gasteiger partial charge >= 0.3 is 0 Å². The van der Waals surface area contributed by atoms with E-state index in [0.29, 0.717) is 5.25 Å². The van der Waals surface area contributed by atoms with Crippen molar-refractivity contribution in [2.24, 2.45) is 11.3 Å². The third-order valence-electron chi connectivity index (χ3n) is 4.54. The van der Waals surface area contributed by atoms with E-state index in [1.165, 1.54) is 10.5 Å². The predicted molar refractivity (Wildman–Crippen MR) is 101 cm³/mol. The minimum absolute atomic E-state index is 0.0400. The zero-order valence-corrected chi connectivity index (χ0v) is 15.5. The molecule has 124 valence electrons. The van der Waals surface area contributed by atoms with Crippen molar-refractivity contribution in [1.82, 2.24) is 0 Å². The van der Waals surface area contributed by atoms with E-state index in [1.54, 1.807) is 0 Å². The van der Waals surface area contributed by atoms with E-state index in [2.05, 4.69) is 64.1 Å². The first kappa shape index (κ1) is 18.1. The van der Waals surface area contributed by atoms with Crippen LogP contribution in [0.15, 0.2) is 59.0 Å². The molecule has 0 saturated carbocycles. The summed E-state index contributed by atoms with van der Waals surface area (Å²) in [4.78, 5) is 13.8. The van der Waals surface area contributed by atoms with E-state index in [9.17, 15) is 4.79 Å². The van der Waals surface area contributed by atoms with Gasteiger partial charge in [0.1, 0.15) is 0 Å². The minimum Gasteiger partial charge on any atom is -0.295 e.